The van der Waals surface area contributed by atoms with Crippen molar-refractivity contribution >= 4 is 40.5 Å². The van der Waals surface area contributed by atoms with E-state index >= 15 is 0 Å². The molecule has 8 nitrogen and oxygen atoms in total. The molecule has 0 saturated heterocycles. The summed E-state index contributed by atoms with van der Waals surface area (Å²) in [5, 5.41) is 26.3. The van der Waals surface area contributed by atoms with Gasteiger partial charge in [0, 0.05) is 17.5 Å². The van der Waals surface area contributed by atoms with Crippen molar-refractivity contribution in [3.05, 3.63) is 28.4 Å². The Bertz CT molecular complexity index is 691. The van der Waals surface area contributed by atoms with Crippen molar-refractivity contribution in [1.82, 2.24) is 10.1 Å². The van der Waals surface area contributed by atoms with Crippen molar-refractivity contribution in [2.24, 2.45) is 0 Å². The molecule has 2 rings (SSSR count). The lowest BCUT2D eigenvalue weighted by Crippen LogP contribution is -2.34. The van der Waals surface area contributed by atoms with E-state index in [0.717, 1.165) is 0 Å². The highest BCUT2D eigenvalue weighted by Gasteiger charge is 2.14. The number of fused-ring (bicyclic) bond motifs is 1. The summed E-state index contributed by atoms with van der Waals surface area (Å²) in [5.74, 6) is -1.86. The lowest BCUT2D eigenvalue weighted by molar-refractivity contribution is -0.641. The number of carbonyl (C=O) groups excluding carboxylic acids is 1. The Kier molecular flexibility index (Phi) is 3.94. The van der Waals surface area contributed by atoms with Gasteiger partial charge < -0.3 is 10.3 Å². The Morgan fingerprint density at radius 1 is 1.40 bits per heavy atom. The van der Waals surface area contributed by atoms with Crippen molar-refractivity contribution in [2.45, 2.75) is 12.8 Å². The zero-order chi connectivity index (χ0) is 14.7. The van der Waals surface area contributed by atoms with Crippen LogP contribution in [0, 0.1) is 5.21 Å². The van der Waals surface area contributed by atoms with Gasteiger partial charge in [0.05, 0.1) is 11.5 Å². The van der Waals surface area contributed by atoms with E-state index in [1.165, 1.54) is 12.1 Å². The van der Waals surface area contributed by atoms with Crippen LogP contribution in [0.15, 0.2) is 18.2 Å². The lowest BCUT2D eigenvalue weighted by atomic mass is 10.3. The molecule has 2 aromatic rings. The van der Waals surface area contributed by atoms with Gasteiger partial charge in [0.1, 0.15) is 5.52 Å². The van der Waals surface area contributed by atoms with Crippen LogP contribution in [0.1, 0.15) is 12.8 Å². The SMILES string of the molecule is O=C(O)CCC(=O)Nc1nc2ccc(Cl)cc2[n+]([O-])n1. The number of hydrogen-bond donors (Lipinski definition) is 2. The van der Waals surface area contributed by atoms with Crippen LogP contribution in [0.5, 0.6) is 0 Å². The summed E-state index contributed by atoms with van der Waals surface area (Å²) in [6.07, 6.45) is -0.539. The van der Waals surface area contributed by atoms with Crippen molar-refractivity contribution < 1.29 is 19.5 Å². The first-order valence-corrected chi connectivity index (χ1v) is 5.92. The number of rotatable bonds is 4. The number of aromatic nitrogens is 3. The topological polar surface area (TPSA) is 119 Å². The van der Waals surface area contributed by atoms with Crippen molar-refractivity contribution in [1.29, 1.82) is 0 Å². The van der Waals surface area contributed by atoms with Crippen LogP contribution in [-0.4, -0.2) is 27.1 Å². The number of aliphatic carboxylic acids is 1. The number of carbonyl (C=O) groups is 2. The normalized spacial score (nSPS) is 10.4. The Labute approximate surface area is 117 Å². The highest BCUT2D eigenvalue weighted by molar-refractivity contribution is 6.31. The Hall–Kier alpha value is -2.48. The molecule has 2 N–H and O–H groups in total. The molecule has 1 amide bonds. The van der Waals surface area contributed by atoms with Crippen LogP contribution in [0.2, 0.25) is 5.02 Å². The third kappa shape index (κ3) is 3.29. The second kappa shape index (κ2) is 5.66. The number of hydrogen-bond acceptors (Lipinski definition) is 5. The molecule has 9 heteroatoms. The molecule has 1 aromatic heterocycles. The van der Waals surface area contributed by atoms with E-state index in [-0.39, 0.29) is 24.3 Å². The number of anilines is 1. The third-order valence-corrected chi connectivity index (χ3v) is 2.61. The Balaban J connectivity index is 2.21. The summed E-state index contributed by atoms with van der Waals surface area (Å²) in [6, 6.07) is 4.47. The fourth-order valence-corrected chi connectivity index (χ4v) is 1.65. The van der Waals surface area contributed by atoms with Gasteiger partial charge in [-0.1, -0.05) is 11.6 Å². The number of nitrogens with zero attached hydrogens (tertiary/aromatic N) is 3. The van der Waals surface area contributed by atoms with E-state index in [0.29, 0.717) is 15.4 Å². The minimum atomic E-state index is -1.09. The van der Waals surface area contributed by atoms with Gasteiger partial charge in [0.15, 0.2) is 0 Å². The van der Waals surface area contributed by atoms with E-state index in [1.807, 2.05) is 0 Å². The molecular weight excluding hydrogens is 288 g/mol. The number of amides is 1. The molecule has 0 saturated carbocycles. The highest BCUT2D eigenvalue weighted by Crippen LogP contribution is 2.15. The summed E-state index contributed by atoms with van der Waals surface area (Å²) in [6.45, 7) is 0. The van der Waals surface area contributed by atoms with Gasteiger partial charge in [-0.05, 0) is 17.0 Å². The van der Waals surface area contributed by atoms with Crippen LogP contribution >= 0.6 is 11.6 Å². The van der Waals surface area contributed by atoms with E-state index in [4.69, 9.17) is 16.7 Å². The molecule has 104 valence electrons. The van der Waals surface area contributed by atoms with Crippen molar-refractivity contribution in [3.8, 4) is 0 Å². The molecule has 0 radical (unpaired) electrons. The summed E-state index contributed by atoms with van der Waals surface area (Å²) in [7, 11) is 0. The first-order valence-electron chi connectivity index (χ1n) is 5.54. The predicted octanol–water partition coefficient (Wildman–Crippen LogP) is 0.720. The fraction of sp³-hybridized carbons (Fsp3) is 0.182. The average molecular weight is 297 g/mol. The molecule has 1 aromatic carbocycles. The minimum Gasteiger partial charge on any atom is -0.594 e. The van der Waals surface area contributed by atoms with Gasteiger partial charge in [-0.15, -0.1) is 0 Å². The maximum Gasteiger partial charge on any atom is 0.303 e. The molecule has 0 aliphatic heterocycles. The zero-order valence-corrected chi connectivity index (χ0v) is 10.8. The summed E-state index contributed by atoms with van der Waals surface area (Å²) < 4.78 is 0. The number of halogens is 1. The molecule has 20 heavy (non-hydrogen) atoms. The number of benzene rings is 1. The first kappa shape index (κ1) is 13.9. The molecule has 0 aliphatic rings. The van der Waals surface area contributed by atoms with E-state index in [2.05, 4.69) is 15.4 Å². The summed E-state index contributed by atoms with van der Waals surface area (Å²) in [5.41, 5.74) is 0.481. The Morgan fingerprint density at radius 3 is 2.85 bits per heavy atom. The van der Waals surface area contributed by atoms with Crippen LogP contribution < -0.4 is 10.2 Å². The lowest BCUT2D eigenvalue weighted by Gasteiger charge is -2.04. The molecule has 0 fully saturated rings. The fourth-order valence-electron chi connectivity index (χ4n) is 1.48. The van der Waals surface area contributed by atoms with Crippen LogP contribution in [0.3, 0.4) is 0 Å². The maximum atomic E-state index is 11.7. The number of carboxylic acids is 1. The van der Waals surface area contributed by atoms with E-state index in [9.17, 15) is 14.8 Å². The van der Waals surface area contributed by atoms with Crippen LogP contribution in [0.25, 0.3) is 11.0 Å². The van der Waals surface area contributed by atoms with Gasteiger partial charge >= 0.3 is 5.97 Å². The number of nitrogens with one attached hydrogen (secondary N) is 1. The zero-order valence-electron chi connectivity index (χ0n) is 10.0. The van der Waals surface area contributed by atoms with Crippen LogP contribution in [0.4, 0.5) is 5.95 Å². The van der Waals surface area contributed by atoms with E-state index in [1.54, 1.807) is 6.07 Å². The largest absolute Gasteiger partial charge is 0.594 e. The van der Waals surface area contributed by atoms with Crippen LogP contribution in [-0.2, 0) is 9.59 Å². The number of carboxylic acid groups (broad SMARTS) is 1. The molecular formula is C11H9ClN4O4. The van der Waals surface area contributed by atoms with Gasteiger partial charge in [-0.2, -0.15) is 0 Å². The Morgan fingerprint density at radius 2 is 2.15 bits per heavy atom. The molecule has 0 spiro atoms. The molecule has 1 heterocycles. The second-order valence-electron chi connectivity index (χ2n) is 3.88. The first-order chi connectivity index (χ1) is 9.45. The van der Waals surface area contributed by atoms with Crippen molar-refractivity contribution in [3.63, 3.8) is 0 Å². The van der Waals surface area contributed by atoms with Crippen molar-refractivity contribution in [2.75, 3.05) is 5.32 Å². The summed E-state index contributed by atoms with van der Waals surface area (Å²) in [4.78, 5) is 26.0. The molecule has 0 bridgehead atoms. The standard InChI is InChI=1S/C11H9ClN4O4/c12-6-1-2-7-8(5-6)16(20)15-11(13-7)14-9(17)3-4-10(18)19/h1-2,5H,3-4H2,(H,18,19)(H,13,14,15,17). The second-order valence-corrected chi connectivity index (χ2v) is 4.32. The smallest absolute Gasteiger partial charge is 0.303 e. The molecule has 0 aliphatic carbocycles. The highest BCUT2D eigenvalue weighted by atomic mass is 35.5. The summed E-state index contributed by atoms with van der Waals surface area (Å²) >= 11 is 5.75. The third-order valence-electron chi connectivity index (χ3n) is 2.37. The average Bonchev–Trinajstić information content (AvgIpc) is 2.37. The van der Waals surface area contributed by atoms with Gasteiger partial charge in [0.2, 0.25) is 5.91 Å². The molecule has 0 unspecified atom stereocenters. The maximum absolute atomic E-state index is 11.7. The van der Waals surface area contributed by atoms with Gasteiger partial charge in [-0.3, -0.25) is 14.9 Å². The monoisotopic (exact) mass is 296 g/mol. The minimum absolute atomic E-state index is 0.168. The molecule has 0 atom stereocenters. The van der Waals surface area contributed by atoms with Gasteiger partial charge in [-0.25, -0.2) is 4.98 Å². The quantitative estimate of drug-likeness (QED) is 0.634. The van der Waals surface area contributed by atoms with E-state index < -0.39 is 11.9 Å². The van der Waals surface area contributed by atoms with Gasteiger partial charge in [0.25, 0.3) is 11.5 Å². The predicted molar refractivity (Wildman–Crippen MR) is 69.0 cm³/mol.